The first-order valence-corrected chi connectivity index (χ1v) is 10.8. The Morgan fingerprint density at radius 3 is 2.36 bits per heavy atom. The summed E-state index contributed by atoms with van der Waals surface area (Å²) in [5, 5.41) is 16.1. The molecule has 2 bridgehead atoms. The molecule has 28 heavy (non-hydrogen) atoms. The molecule has 0 aliphatic heterocycles. The van der Waals surface area contributed by atoms with Crippen LogP contribution in [0.1, 0.15) is 52.9 Å². The summed E-state index contributed by atoms with van der Waals surface area (Å²) in [5.41, 5.74) is 1.40. The molecule has 4 atom stereocenters. The third kappa shape index (κ3) is 3.26. The van der Waals surface area contributed by atoms with Crippen molar-refractivity contribution in [2.45, 2.75) is 52.0 Å². The van der Waals surface area contributed by atoms with Gasteiger partial charge < -0.3 is 15.7 Å². The molecule has 6 nitrogen and oxygen atoms in total. The number of amides is 2. The molecular formula is C21H26N2O4S. The first kappa shape index (κ1) is 19.2. The Morgan fingerprint density at radius 2 is 1.71 bits per heavy atom. The standard InChI is InChI=1S/C21H26N2O4S/c1-10-11(2)28-20(15(10)18(24)22-14-5-3-4-6-14)23-19(25)16-12-7-8-13(9-12)17(16)21(26)27/h7-8,12-14,16-17H,3-6,9H2,1-2H3,(H,22,24)(H,23,25)(H,26,27)/t12-,13-,16-,17-/m0/s1. The Kier molecular flexibility index (Phi) is 5.04. The maximum atomic E-state index is 13.0. The van der Waals surface area contributed by atoms with E-state index in [-0.39, 0.29) is 29.7 Å². The molecule has 1 heterocycles. The quantitative estimate of drug-likeness (QED) is 0.657. The molecule has 0 saturated heterocycles. The molecule has 2 fully saturated rings. The Balaban J connectivity index is 1.55. The number of carboxylic acids is 1. The van der Waals surface area contributed by atoms with Gasteiger partial charge >= 0.3 is 5.97 Å². The van der Waals surface area contributed by atoms with Crippen LogP contribution in [0.4, 0.5) is 5.00 Å². The minimum Gasteiger partial charge on any atom is -0.481 e. The molecule has 3 N–H and O–H groups in total. The van der Waals surface area contributed by atoms with Gasteiger partial charge in [0.25, 0.3) is 5.91 Å². The second-order valence-corrected chi connectivity index (χ2v) is 9.49. The van der Waals surface area contributed by atoms with E-state index in [1.807, 2.05) is 26.0 Å². The van der Waals surface area contributed by atoms with Crippen LogP contribution in [0.15, 0.2) is 12.2 Å². The molecule has 0 aromatic carbocycles. The Hall–Kier alpha value is -2.15. The van der Waals surface area contributed by atoms with Crippen molar-refractivity contribution in [1.82, 2.24) is 5.32 Å². The number of nitrogens with one attached hydrogen (secondary N) is 2. The molecular weight excluding hydrogens is 376 g/mol. The van der Waals surface area contributed by atoms with Crippen molar-refractivity contribution in [3.63, 3.8) is 0 Å². The summed E-state index contributed by atoms with van der Waals surface area (Å²) in [6.45, 7) is 3.83. The molecule has 2 amide bonds. The van der Waals surface area contributed by atoms with Crippen LogP contribution in [0.25, 0.3) is 0 Å². The number of thiophene rings is 1. The van der Waals surface area contributed by atoms with Gasteiger partial charge in [-0.1, -0.05) is 25.0 Å². The number of anilines is 1. The number of carbonyl (C=O) groups is 3. The number of rotatable bonds is 5. The summed E-state index contributed by atoms with van der Waals surface area (Å²) in [6.07, 6.45) is 8.85. The largest absolute Gasteiger partial charge is 0.481 e. The van der Waals surface area contributed by atoms with Gasteiger partial charge in [-0.05, 0) is 50.5 Å². The number of fused-ring (bicyclic) bond motifs is 2. The summed E-state index contributed by atoms with van der Waals surface area (Å²) in [5.74, 6) is -2.74. The number of aryl methyl sites for hydroxylation is 1. The zero-order valence-electron chi connectivity index (χ0n) is 16.2. The van der Waals surface area contributed by atoms with E-state index in [2.05, 4.69) is 10.6 Å². The van der Waals surface area contributed by atoms with Crippen LogP contribution in [0.3, 0.4) is 0 Å². The van der Waals surface area contributed by atoms with Gasteiger partial charge in [0.2, 0.25) is 5.91 Å². The monoisotopic (exact) mass is 402 g/mol. The van der Waals surface area contributed by atoms with Crippen LogP contribution in [-0.4, -0.2) is 28.9 Å². The van der Waals surface area contributed by atoms with Gasteiger partial charge in [0.15, 0.2) is 0 Å². The van der Waals surface area contributed by atoms with Crippen LogP contribution >= 0.6 is 11.3 Å². The van der Waals surface area contributed by atoms with E-state index in [0.717, 1.165) is 36.1 Å². The number of carboxylic acid groups (broad SMARTS) is 1. The fourth-order valence-electron chi connectivity index (χ4n) is 5.03. The van der Waals surface area contributed by atoms with E-state index in [0.29, 0.717) is 17.0 Å². The van der Waals surface area contributed by atoms with Gasteiger partial charge in [-0.3, -0.25) is 14.4 Å². The molecule has 2 saturated carbocycles. The van der Waals surface area contributed by atoms with Gasteiger partial charge in [-0.2, -0.15) is 0 Å². The molecule has 3 aliphatic rings. The Labute approximate surface area is 168 Å². The maximum Gasteiger partial charge on any atom is 0.307 e. The van der Waals surface area contributed by atoms with Crippen LogP contribution in [0, 0.1) is 37.5 Å². The minimum atomic E-state index is -0.922. The van der Waals surface area contributed by atoms with Crippen LogP contribution in [-0.2, 0) is 9.59 Å². The lowest BCUT2D eigenvalue weighted by molar-refractivity contribution is -0.146. The van der Waals surface area contributed by atoms with Crippen molar-refractivity contribution in [1.29, 1.82) is 0 Å². The minimum absolute atomic E-state index is 0.0379. The van der Waals surface area contributed by atoms with Crippen LogP contribution in [0.5, 0.6) is 0 Å². The summed E-state index contributed by atoms with van der Waals surface area (Å²) < 4.78 is 0. The van der Waals surface area contributed by atoms with Crippen molar-refractivity contribution in [3.8, 4) is 0 Å². The summed E-state index contributed by atoms with van der Waals surface area (Å²) in [6, 6.07) is 0.197. The first-order chi connectivity index (χ1) is 13.4. The second-order valence-electron chi connectivity index (χ2n) is 8.27. The molecule has 4 rings (SSSR count). The highest BCUT2D eigenvalue weighted by Gasteiger charge is 2.51. The van der Waals surface area contributed by atoms with E-state index in [1.54, 1.807) is 0 Å². The fraction of sp³-hybridized carbons (Fsp3) is 0.571. The topological polar surface area (TPSA) is 95.5 Å². The lowest BCUT2D eigenvalue weighted by atomic mass is 9.82. The summed E-state index contributed by atoms with van der Waals surface area (Å²) >= 11 is 1.39. The second kappa shape index (κ2) is 7.35. The van der Waals surface area contributed by atoms with Crippen molar-refractivity contribution in [3.05, 3.63) is 28.2 Å². The Morgan fingerprint density at radius 1 is 1.07 bits per heavy atom. The van der Waals surface area contributed by atoms with Gasteiger partial charge in [0, 0.05) is 10.9 Å². The first-order valence-electron chi connectivity index (χ1n) is 9.99. The van der Waals surface area contributed by atoms with E-state index in [9.17, 15) is 19.5 Å². The lowest BCUT2D eigenvalue weighted by Gasteiger charge is -2.23. The highest BCUT2D eigenvalue weighted by atomic mass is 32.1. The van der Waals surface area contributed by atoms with Crippen LogP contribution < -0.4 is 10.6 Å². The Bertz CT molecular complexity index is 853. The number of carbonyl (C=O) groups excluding carboxylic acids is 2. The predicted molar refractivity (Wildman–Crippen MR) is 107 cm³/mol. The van der Waals surface area contributed by atoms with Gasteiger partial charge in [0.05, 0.1) is 17.4 Å². The maximum absolute atomic E-state index is 13.0. The van der Waals surface area contributed by atoms with Gasteiger partial charge in [-0.15, -0.1) is 11.3 Å². The van der Waals surface area contributed by atoms with E-state index >= 15 is 0 Å². The molecule has 150 valence electrons. The zero-order valence-corrected chi connectivity index (χ0v) is 17.0. The third-order valence-electron chi connectivity index (χ3n) is 6.59. The number of hydrogen-bond donors (Lipinski definition) is 3. The van der Waals surface area contributed by atoms with Gasteiger partial charge in [0.1, 0.15) is 5.00 Å². The highest BCUT2D eigenvalue weighted by molar-refractivity contribution is 7.16. The van der Waals surface area contributed by atoms with E-state index in [1.165, 1.54) is 11.3 Å². The molecule has 7 heteroatoms. The molecule has 0 radical (unpaired) electrons. The smallest absolute Gasteiger partial charge is 0.307 e. The fourth-order valence-corrected chi connectivity index (χ4v) is 6.09. The number of aliphatic carboxylic acids is 1. The predicted octanol–water partition coefficient (Wildman–Crippen LogP) is 3.50. The average Bonchev–Trinajstić information content (AvgIpc) is 3.40. The van der Waals surface area contributed by atoms with Crippen molar-refractivity contribution >= 4 is 34.1 Å². The lowest BCUT2D eigenvalue weighted by Crippen LogP contribution is -2.37. The van der Waals surface area contributed by atoms with E-state index < -0.39 is 17.8 Å². The average molecular weight is 403 g/mol. The van der Waals surface area contributed by atoms with Gasteiger partial charge in [-0.25, -0.2) is 0 Å². The van der Waals surface area contributed by atoms with E-state index in [4.69, 9.17) is 0 Å². The molecule has 1 aromatic rings. The molecule has 1 aromatic heterocycles. The third-order valence-corrected chi connectivity index (χ3v) is 7.71. The highest BCUT2D eigenvalue weighted by Crippen LogP contribution is 2.48. The molecule has 3 aliphatic carbocycles. The molecule has 0 spiro atoms. The SMILES string of the molecule is Cc1sc(NC(=O)[C@@H]2[C@@H](C(=O)O)[C@H]3C=C[C@H]2C3)c(C(=O)NC2CCCC2)c1C. The number of allylic oxidation sites excluding steroid dienone is 2. The molecule has 0 unspecified atom stereocenters. The van der Waals surface area contributed by atoms with Crippen molar-refractivity contribution < 1.29 is 19.5 Å². The van der Waals surface area contributed by atoms with Crippen molar-refractivity contribution in [2.75, 3.05) is 5.32 Å². The number of hydrogen-bond acceptors (Lipinski definition) is 4. The zero-order chi connectivity index (χ0) is 20.0. The summed E-state index contributed by atoms with van der Waals surface area (Å²) in [4.78, 5) is 38.6. The van der Waals surface area contributed by atoms with Crippen LogP contribution in [0.2, 0.25) is 0 Å². The summed E-state index contributed by atoms with van der Waals surface area (Å²) in [7, 11) is 0. The van der Waals surface area contributed by atoms with Crippen molar-refractivity contribution in [2.24, 2.45) is 23.7 Å². The normalized spacial score (nSPS) is 28.6.